The van der Waals surface area contributed by atoms with Crippen LogP contribution in [0.4, 0.5) is 0 Å². The van der Waals surface area contributed by atoms with Crippen LogP contribution in [0, 0.1) is 0 Å². The predicted octanol–water partition coefficient (Wildman–Crippen LogP) is 0.0278. The summed E-state index contributed by atoms with van der Waals surface area (Å²) in [6, 6.07) is 0. The van der Waals surface area contributed by atoms with Gasteiger partial charge in [-0.1, -0.05) is 0 Å². The normalized spacial score (nSPS) is 9.00. The van der Waals surface area contributed by atoms with Crippen LogP contribution in [-0.2, 0) is 14.3 Å². The first-order chi connectivity index (χ1) is 5.07. The van der Waals surface area contributed by atoms with Crippen LogP contribution < -0.4 is 0 Å². The SMILES string of the molecule is COC(=O)CCC(=O)N(C)C. The Balaban J connectivity index is 3.54. The summed E-state index contributed by atoms with van der Waals surface area (Å²) in [5.41, 5.74) is 0. The third kappa shape index (κ3) is 4.36. The van der Waals surface area contributed by atoms with Gasteiger partial charge in [0.15, 0.2) is 0 Å². The molecule has 0 aliphatic carbocycles. The highest BCUT2D eigenvalue weighted by Crippen LogP contribution is 1.94. The molecule has 11 heavy (non-hydrogen) atoms. The van der Waals surface area contributed by atoms with E-state index in [9.17, 15) is 9.59 Å². The molecule has 64 valence electrons. The molecular formula is C7H13NO3. The number of hydrogen-bond acceptors (Lipinski definition) is 3. The quantitative estimate of drug-likeness (QED) is 0.546. The Morgan fingerprint density at radius 2 is 1.82 bits per heavy atom. The molecule has 4 nitrogen and oxygen atoms in total. The minimum absolute atomic E-state index is 0.0598. The Hall–Kier alpha value is -1.06. The summed E-state index contributed by atoms with van der Waals surface area (Å²) in [6.45, 7) is 0. The lowest BCUT2D eigenvalue weighted by Crippen LogP contribution is -2.22. The van der Waals surface area contributed by atoms with Crippen molar-refractivity contribution in [3.63, 3.8) is 0 Å². The van der Waals surface area contributed by atoms with E-state index in [0.29, 0.717) is 0 Å². The van der Waals surface area contributed by atoms with E-state index in [0.717, 1.165) is 0 Å². The highest BCUT2D eigenvalue weighted by atomic mass is 16.5. The number of amides is 1. The van der Waals surface area contributed by atoms with E-state index in [1.165, 1.54) is 12.0 Å². The Morgan fingerprint density at radius 1 is 1.27 bits per heavy atom. The first-order valence-electron chi connectivity index (χ1n) is 3.35. The van der Waals surface area contributed by atoms with Crippen LogP contribution >= 0.6 is 0 Å². The summed E-state index contributed by atoms with van der Waals surface area (Å²) >= 11 is 0. The molecular weight excluding hydrogens is 146 g/mol. The number of esters is 1. The van der Waals surface area contributed by atoms with Crippen LogP contribution in [0.1, 0.15) is 12.8 Å². The molecule has 0 atom stereocenters. The van der Waals surface area contributed by atoms with Crippen molar-refractivity contribution in [1.82, 2.24) is 4.90 Å². The third-order valence-corrected chi connectivity index (χ3v) is 1.27. The fraction of sp³-hybridized carbons (Fsp3) is 0.714. The van der Waals surface area contributed by atoms with E-state index < -0.39 is 0 Å². The molecule has 0 unspecified atom stereocenters. The van der Waals surface area contributed by atoms with Crippen LogP contribution in [0.25, 0.3) is 0 Å². The summed E-state index contributed by atoms with van der Waals surface area (Å²) in [7, 11) is 4.61. The first kappa shape index (κ1) is 9.94. The van der Waals surface area contributed by atoms with Crippen LogP contribution in [0.15, 0.2) is 0 Å². The zero-order valence-corrected chi connectivity index (χ0v) is 7.09. The number of carbonyl (C=O) groups is 2. The topological polar surface area (TPSA) is 46.6 Å². The van der Waals surface area contributed by atoms with Crippen molar-refractivity contribution in [2.45, 2.75) is 12.8 Å². The maximum absolute atomic E-state index is 10.9. The highest BCUT2D eigenvalue weighted by Gasteiger charge is 2.07. The minimum atomic E-state index is -0.347. The minimum Gasteiger partial charge on any atom is -0.469 e. The lowest BCUT2D eigenvalue weighted by molar-refractivity contribution is -0.143. The molecule has 0 heterocycles. The van der Waals surface area contributed by atoms with Gasteiger partial charge in [-0.2, -0.15) is 0 Å². The number of hydrogen-bond donors (Lipinski definition) is 0. The lowest BCUT2D eigenvalue weighted by Gasteiger charge is -2.08. The van der Waals surface area contributed by atoms with Crippen molar-refractivity contribution < 1.29 is 14.3 Å². The molecule has 0 spiro atoms. The number of methoxy groups -OCH3 is 1. The van der Waals surface area contributed by atoms with Gasteiger partial charge in [0, 0.05) is 20.5 Å². The molecule has 0 aromatic rings. The number of carbonyl (C=O) groups excluding carboxylic acids is 2. The van der Waals surface area contributed by atoms with Crippen LogP contribution in [0.5, 0.6) is 0 Å². The van der Waals surface area contributed by atoms with Gasteiger partial charge in [-0.05, 0) is 0 Å². The van der Waals surface area contributed by atoms with Crippen molar-refractivity contribution in [1.29, 1.82) is 0 Å². The van der Waals surface area contributed by atoms with E-state index in [1.54, 1.807) is 14.1 Å². The predicted molar refractivity (Wildman–Crippen MR) is 39.9 cm³/mol. The average Bonchev–Trinajstić information content (AvgIpc) is 1.99. The Labute approximate surface area is 66.1 Å². The lowest BCUT2D eigenvalue weighted by atomic mass is 10.3. The molecule has 0 aromatic heterocycles. The maximum atomic E-state index is 10.9. The van der Waals surface area contributed by atoms with Gasteiger partial charge in [0.25, 0.3) is 0 Å². The molecule has 0 aliphatic heterocycles. The van der Waals surface area contributed by atoms with E-state index in [4.69, 9.17) is 0 Å². The van der Waals surface area contributed by atoms with Crippen molar-refractivity contribution in [2.75, 3.05) is 21.2 Å². The molecule has 0 radical (unpaired) electrons. The third-order valence-electron chi connectivity index (χ3n) is 1.27. The van der Waals surface area contributed by atoms with E-state index in [2.05, 4.69) is 4.74 Å². The molecule has 0 bridgehead atoms. The first-order valence-corrected chi connectivity index (χ1v) is 3.35. The average molecular weight is 159 g/mol. The van der Waals surface area contributed by atoms with Crippen molar-refractivity contribution in [2.24, 2.45) is 0 Å². The summed E-state index contributed by atoms with van der Waals surface area (Å²) in [5, 5.41) is 0. The van der Waals surface area contributed by atoms with E-state index in [-0.39, 0.29) is 24.7 Å². The van der Waals surface area contributed by atoms with E-state index in [1.807, 2.05) is 0 Å². The molecule has 0 saturated heterocycles. The summed E-state index contributed by atoms with van der Waals surface area (Å²) < 4.78 is 4.37. The van der Waals surface area contributed by atoms with Crippen molar-refractivity contribution in [3.05, 3.63) is 0 Å². The molecule has 0 saturated carbocycles. The van der Waals surface area contributed by atoms with Crippen LogP contribution in [0.3, 0.4) is 0 Å². The van der Waals surface area contributed by atoms with Gasteiger partial charge in [0.05, 0.1) is 13.5 Å². The van der Waals surface area contributed by atoms with Gasteiger partial charge in [-0.3, -0.25) is 9.59 Å². The second-order valence-corrected chi connectivity index (χ2v) is 2.36. The molecule has 4 heteroatoms. The zero-order valence-electron chi connectivity index (χ0n) is 7.09. The maximum Gasteiger partial charge on any atom is 0.306 e. The van der Waals surface area contributed by atoms with Gasteiger partial charge in [0.1, 0.15) is 0 Å². The fourth-order valence-corrected chi connectivity index (χ4v) is 0.535. The second-order valence-electron chi connectivity index (χ2n) is 2.36. The zero-order chi connectivity index (χ0) is 8.85. The summed E-state index contributed by atoms with van der Waals surface area (Å²) in [6.07, 6.45) is 0.382. The van der Waals surface area contributed by atoms with Gasteiger partial charge in [0.2, 0.25) is 5.91 Å². The molecule has 1 amide bonds. The smallest absolute Gasteiger partial charge is 0.306 e. The van der Waals surface area contributed by atoms with Crippen LogP contribution in [-0.4, -0.2) is 38.0 Å². The fourth-order valence-electron chi connectivity index (χ4n) is 0.535. The van der Waals surface area contributed by atoms with Gasteiger partial charge in [-0.15, -0.1) is 0 Å². The monoisotopic (exact) mass is 159 g/mol. The number of rotatable bonds is 3. The van der Waals surface area contributed by atoms with Crippen LogP contribution in [0.2, 0.25) is 0 Å². The molecule has 0 rings (SSSR count). The van der Waals surface area contributed by atoms with Gasteiger partial charge >= 0.3 is 5.97 Å². The molecule has 0 fully saturated rings. The number of ether oxygens (including phenoxy) is 1. The molecule has 0 aliphatic rings. The summed E-state index contributed by atoms with van der Waals surface area (Å²) in [5.74, 6) is -0.407. The Morgan fingerprint density at radius 3 is 2.18 bits per heavy atom. The largest absolute Gasteiger partial charge is 0.469 e. The Kier molecular flexibility index (Phi) is 4.26. The van der Waals surface area contributed by atoms with Crippen molar-refractivity contribution in [3.8, 4) is 0 Å². The highest BCUT2D eigenvalue weighted by molar-refractivity contribution is 5.80. The second kappa shape index (κ2) is 4.71. The molecule has 0 N–H and O–H groups in total. The van der Waals surface area contributed by atoms with E-state index >= 15 is 0 Å². The number of nitrogens with zero attached hydrogens (tertiary/aromatic N) is 1. The van der Waals surface area contributed by atoms with Gasteiger partial charge < -0.3 is 9.64 Å². The molecule has 0 aromatic carbocycles. The van der Waals surface area contributed by atoms with Gasteiger partial charge in [-0.25, -0.2) is 0 Å². The standard InChI is InChI=1S/C7H13NO3/c1-8(2)6(9)4-5-7(10)11-3/h4-5H2,1-3H3. The van der Waals surface area contributed by atoms with Crippen molar-refractivity contribution >= 4 is 11.9 Å². The summed E-state index contributed by atoms with van der Waals surface area (Å²) in [4.78, 5) is 22.9. The Bertz CT molecular complexity index is 154.